The van der Waals surface area contributed by atoms with Gasteiger partial charge in [-0.3, -0.25) is 4.90 Å². The van der Waals surface area contributed by atoms with Gasteiger partial charge in [-0.05, 0) is 56.9 Å². The van der Waals surface area contributed by atoms with Gasteiger partial charge in [-0.25, -0.2) is 0 Å². The number of aryl methyl sites for hydroxylation is 1. The number of piperidine rings is 1. The molecule has 0 aliphatic carbocycles. The Hall–Kier alpha value is -1.06. The third kappa shape index (κ3) is 3.78. The van der Waals surface area contributed by atoms with E-state index in [2.05, 4.69) is 42.3 Å². The fraction of sp³-hybridized carbons (Fsp3) is 0.667. The molecule has 2 heterocycles. The lowest BCUT2D eigenvalue weighted by Gasteiger charge is -2.34. The quantitative estimate of drug-likeness (QED) is 0.901. The van der Waals surface area contributed by atoms with Crippen molar-refractivity contribution >= 4 is 0 Å². The van der Waals surface area contributed by atoms with E-state index in [9.17, 15) is 0 Å². The first-order chi connectivity index (χ1) is 10.2. The van der Waals surface area contributed by atoms with Crippen molar-refractivity contribution in [2.75, 3.05) is 32.7 Å². The highest BCUT2D eigenvalue weighted by Crippen LogP contribution is 2.30. The molecule has 3 nitrogen and oxygen atoms in total. The van der Waals surface area contributed by atoms with Crippen LogP contribution < -0.4 is 10.1 Å². The minimum absolute atomic E-state index is 0.347. The van der Waals surface area contributed by atoms with E-state index in [4.69, 9.17) is 4.74 Å². The maximum absolute atomic E-state index is 6.12. The first-order valence-electron chi connectivity index (χ1n) is 8.44. The van der Waals surface area contributed by atoms with Gasteiger partial charge < -0.3 is 10.1 Å². The van der Waals surface area contributed by atoms with E-state index in [1.165, 1.54) is 37.1 Å². The van der Waals surface area contributed by atoms with Gasteiger partial charge in [-0.1, -0.05) is 24.6 Å². The van der Waals surface area contributed by atoms with Crippen LogP contribution in [0.25, 0.3) is 0 Å². The summed E-state index contributed by atoms with van der Waals surface area (Å²) in [7, 11) is 0. The second-order valence-electron chi connectivity index (χ2n) is 6.63. The van der Waals surface area contributed by atoms with E-state index >= 15 is 0 Å². The van der Waals surface area contributed by atoms with Crippen LogP contribution in [0.15, 0.2) is 18.2 Å². The molecular formula is C18H28N2O. The number of likely N-dealkylation sites (tertiary alicyclic amines) is 1. The summed E-state index contributed by atoms with van der Waals surface area (Å²) in [5, 5.41) is 3.49. The molecule has 116 valence electrons. The highest BCUT2D eigenvalue weighted by Gasteiger charge is 2.27. The molecule has 2 unspecified atom stereocenters. The van der Waals surface area contributed by atoms with Crippen molar-refractivity contribution < 1.29 is 4.74 Å². The summed E-state index contributed by atoms with van der Waals surface area (Å²) in [5.74, 6) is 1.91. The van der Waals surface area contributed by atoms with Crippen molar-refractivity contribution in [2.45, 2.75) is 39.2 Å². The first kappa shape index (κ1) is 14.9. The molecule has 3 heteroatoms. The molecule has 0 spiro atoms. The monoisotopic (exact) mass is 288 g/mol. The standard InChI is InChI=1S/C18H28N2O/c1-3-19-11-15-5-4-8-20(12-15)13-17-10-16-9-14(2)6-7-18(16)21-17/h6-7,9,15,17,19H,3-5,8,10-13H2,1-2H3. The summed E-state index contributed by atoms with van der Waals surface area (Å²) >= 11 is 0. The third-order valence-electron chi connectivity index (χ3n) is 4.71. The van der Waals surface area contributed by atoms with Crippen LogP contribution in [-0.2, 0) is 6.42 Å². The van der Waals surface area contributed by atoms with Gasteiger partial charge >= 0.3 is 0 Å². The fourth-order valence-corrected chi connectivity index (χ4v) is 3.67. The van der Waals surface area contributed by atoms with E-state index < -0.39 is 0 Å². The van der Waals surface area contributed by atoms with Crippen molar-refractivity contribution in [1.29, 1.82) is 0 Å². The van der Waals surface area contributed by atoms with Crippen LogP contribution in [0.5, 0.6) is 5.75 Å². The summed E-state index contributed by atoms with van der Waals surface area (Å²) in [4.78, 5) is 2.61. The first-order valence-corrected chi connectivity index (χ1v) is 8.44. The predicted octanol–water partition coefficient (Wildman–Crippen LogP) is 2.62. The molecule has 0 bridgehead atoms. The Kier molecular flexibility index (Phi) is 4.81. The molecule has 2 aliphatic heterocycles. The Morgan fingerprint density at radius 3 is 3.14 bits per heavy atom. The van der Waals surface area contributed by atoms with Gasteiger partial charge in [0.15, 0.2) is 0 Å². The Bertz CT molecular complexity index is 474. The zero-order chi connectivity index (χ0) is 14.7. The van der Waals surface area contributed by atoms with Crippen molar-refractivity contribution in [3.05, 3.63) is 29.3 Å². The maximum Gasteiger partial charge on any atom is 0.123 e. The second-order valence-corrected chi connectivity index (χ2v) is 6.63. The molecule has 1 aromatic carbocycles. The summed E-state index contributed by atoms with van der Waals surface area (Å²) < 4.78 is 6.12. The summed E-state index contributed by atoms with van der Waals surface area (Å²) in [6.07, 6.45) is 4.12. The molecule has 0 aromatic heterocycles. The molecular weight excluding hydrogens is 260 g/mol. The Morgan fingerprint density at radius 1 is 1.38 bits per heavy atom. The maximum atomic E-state index is 6.12. The van der Waals surface area contributed by atoms with Gasteiger partial charge in [0.25, 0.3) is 0 Å². The molecule has 0 saturated carbocycles. The van der Waals surface area contributed by atoms with Crippen molar-refractivity contribution in [3.8, 4) is 5.75 Å². The van der Waals surface area contributed by atoms with Crippen molar-refractivity contribution in [1.82, 2.24) is 10.2 Å². The van der Waals surface area contributed by atoms with Gasteiger partial charge in [-0.15, -0.1) is 0 Å². The smallest absolute Gasteiger partial charge is 0.123 e. The molecule has 1 aromatic rings. The van der Waals surface area contributed by atoms with Crippen LogP contribution in [0, 0.1) is 12.8 Å². The zero-order valence-electron chi connectivity index (χ0n) is 13.4. The van der Waals surface area contributed by atoms with Gasteiger partial charge in [0.1, 0.15) is 11.9 Å². The molecule has 21 heavy (non-hydrogen) atoms. The largest absolute Gasteiger partial charge is 0.488 e. The van der Waals surface area contributed by atoms with Crippen LogP contribution in [0.4, 0.5) is 0 Å². The molecule has 3 rings (SSSR count). The number of ether oxygens (including phenoxy) is 1. The predicted molar refractivity (Wildman–Crippen MR) is 87.0 cm³/mol. The van der Waals surface area contributed by atoms with Crippen LogP contribution in [0.3, 0.4) is 0 Å². The number of nitrogens with one attached hydrogen (secondary N) is 1. The van der Waals surface area contributed by atoms with Gasteiger partial charge in [0, 0.05) is 19.5 Å². The van der Waals surface area contributed by atoms with Crippen LogP contribution in [0.1, 0.15) is 30.9 Å². The molecule has 1 N–H and O–H groups in total. The average Bonchev–Trinajstić information content (AvgIpc) is 2.86. The Balaban J connectivity index is 1.51. The minimum Gasteiger partial charge on any atom is -0.488 e. The summed E-state index contributed by atoms with van der Waals surface area (Å²) in [5.41, 5.74) is 2.72. The molecule has 0 radical (unpaired) electrons. The number of hydrogen-bond donors (Lipinski definition) is 1. The number of nitrogens with zero attached hydrogens (tertiary/aromatic N) is 1. The fourth-order valence-electron chi connectivity index (χ4n) is 3.67. The van der Waals surface area contributed by atoms with Crippen LogP contribution >= 0.6 is 0 Å². The van der Waals surface area contributed by atoms with Crippen LogP contribution in [0.2, 0.25) is 0 Å². The topological polar surface area (TPSA) is 24.5 Å². The highest BCUT2D eigenvalue weighted by atomic mass is 16.5. The molecule has 1 fully saturated rings. The van der Waals surface area contributed by atoms with E-state index in [1.807, 2.05) is 0 Å². The SMILES string of the molecule is CCNCC1CCCN(CC2Cc3cc(C)ccc3O2)C1. The lowest BCUT2D eigenvalue weighted by atomic mass is 9.97. The normalized spacial score (nSPS) is 25.6. The van der Waals surface area contributed by atoms with E-state index in [0.717, 1.165) is 37.7 Å². The zero-order valence-corrected chi connectivity index (χ0v) is 13.4. The molecule has 2 atom stereocenters. The second kappa shape index (κ2) is 6.80. The Morgan fingerprint density at radius 2 is 2.29 bits per heavy atom. The Labute approximate surface area is 128 Å². The number of rotatable bonds is 5. The third-order valence-corrected chi connectivity index (χ3v) is 4.71. The van der Waals surface area contributed by atoms with E-state index in [-0.39, 0.29) is 0 Å². The minimum atomic E-state index is 0.347. The van der Waals surface area contributed by atoms with E-state index in [1.54, 1.807) is 0 Å². The van der Waals surface area contributed by atoms with Crippen molar-refractivity contribution in [2.24, 2.45) is 5.92 Å². The van der Waals surface area contributed by atoms with Crippen molar-refractivity contribution in [3.63, 3.8) is 0 Å². The lowest BCUT2D eigenvalue weighted by molar-refractivity contribution is 0.110. The molecule has 0 amide bonds. The van der Waals surface area contributed by atoms with E-state index in [0.29, 0.717) is 6.10 Å². The number of hydrogen-bond acceptors (Lipinski definition) is 3. The van der Waals surface area contributed by atoms with Gasteiger partial charge in [-0.2, -0.15) is 0 Å². The summed E-state index contributed by atoms with van der Waals surface area (Å²) in [6, 6.07) is 6.56. The molecule has 1 saturated heterocycles. The highest BCUT2D eigenvalue weighted by molar-refractivity contribution is 5.40. The van der Waals surface area contributed by atoms with Gasteiger partial charge in [0.05, 0.1) is 0 Å². The van der Waals surface area contributed by atoms with Gasteiger partial charge in [0.2, 0.25) is 0 Å². The lowest BCUT2D eigenvalue weighted by Crippen LogP contribution is -2.43. The average molecular weight is 288 g/mol. The number of fused-ring (bicyclic) bond motifs is 1. The number of benzene rings is 1. The summed E-state index contributed by atoms with van der Waals surface area (Å²) in [6.45, 7) is 10.1. The van der Waals surface area contributed by atoms with Crippen LogP contribution in [-0.4, -0.2) is 43.7 Å². The molecule has 2 aliphatic rings.